The average molecular weight is 301 g/mol. The van der Waals surface area contributed by atoms with Gasteiger partial charge in [0.25, 0.3) is 0 Å². The number of aromatic nitrogens is 1. The molecule has 0 unspecified atom stereocenters. The zero-order valence-electron chi connectivity index (χ0n) is 12.5. The number of carboxylic acids is 1. The summed E-state index contributed by atoms with van der Waals surface area (Å²) in [4.78, 5) is 16.4. The lowest BCUT2D eigenvalue weighted by atomic mass is 9.91. The number of rotatable bonds is 4. The Morgan fingerprint density at radius 1 is 1.29 bits per heavy atom. The van der Waals surface area contributed by atoms with Crippen LogP contribution in [-0.4, -0.2) is 16.1 Å². The molecule has 2 aromatic rings. The predicted molar refractivity (Wildman–Crippen MR) is 86.7 cm³/mol. The van der Waals surface area contributed by atoms with Crippen LogP contribution < -0.4 is 0 Å². The van der Waals surface area contributed by atoms with Gasteiger partial charge in [-0.05, 0) is 11.6 Å². The number of carboxylic acid groups (broad SMARTS) is 1. The van der Waals surface area contributed by atoms with E-state index in [1.807, 2.05) is 18.2 Å². The highest BCUT2D eigenvalue weighted by atomic mass is 32.1. The van der Waals surface area contributed by atoms with E-state index in [2.05, 4.69) is 32.9 Å². The van der Waals surface area contributed by atoms with Crippen LogP contribution in [0.25, 0.3) is 6.08 Å². The summed E-state index contributed by atoms with van der Waals surface area (Å²) >= 11 is 1.56. The SMILES string of the molecule is CC(C)(C)c1nc(Cc2ccccc2)sc1/C=C/C(=O)O. The highest BCUT2D eigenvalue weighted by Gasteiger charge is 2.22. The third kappa shape index (κ3) is 4.26. The van der Waals surface area contributed by atoms with E-state index in [1.165, 1.54) is 11.6 Å². The van der Waals surface area contributed by atoms with Crippen LogP contribution in [0.15, 0.2) is 36.4 Å². The first-order chi connectivity index (χ1) is 9.86. The van der Waals surface area contributed by atoms with Gasteiger partial charge in [0.2, 0.25) is 0 Å². The predicted octanol–water partition coefficient (Wildman–Crippen LogP) is 4.13. The maximum atomic E-state index is 10.7. The van der Waals surface area contributed by atoms with E-state index in [1.54, 1.807) is 17.4 Å². The maximum Gasteiger partial charge on any atom is 0.328 e. The third-order valence-electron chi connectivity index (χ3n) is 2.98. The first kappa shape index (κ1) is 15.4. The van der Waals surface area contributed by atoms with Crippen molar-refractivity contribution in [3.8, 4) is 0 Å². The molecule has 0 aliphatic carbocycles. The van der Waals surface area contributed by atoms with E-state index in [4.69, 9.17) is 10.1 Å². The van der Waals surface area contributed by atoms with Crippen LogP contribution in [-0.2, 0) is 16.6 Å². The molecule has 0 saturated heterocycles. The lowest BCUT2D eigenvalue weighted by Gasteiger charge is -2.16. The maximum absolute atomic E-state index is 10.7. The van der Waals surface area contributed by atoms with E-state index in [9.17, 15) is 4.79 Å². The molecule has 0 aliphatic heterocycles. The number of hydrogen-bond acceptors (Lipinski definition) is 3. The Morgan fingerprint density at radius 2 is 1.95 bits per heavy atom. The lowest BCUT2D eigenvalue weighted by Crippen LogP contribution is -2.13. The zero-order valence-corrected chi connectivity index (χ0v) is 13.3. The molecule has 21 heavy (non-hydrogen) atoms. The van der Waals surface area contributed by atoms with Gasteiger partial charge in [0.15, 0.2) is 0 Å². The minimum Gasteiger partial charge on any atom is -0.478 e. The quantitative estimate of drug-likeness (QED) is 0.864. The molecular formula is C17H19NO2S. The van der Waals surface area contributed by atoms with Gasteiger partial charge in [-0.3, -0.25) is 0 Å². The van der Waals surface area contributed by atoms with Crippen molar-refractivity contribution < 1.29 is 9.90 Å². The van der Waals surface area contributed by atoms with Gasteiger partial charge < -0.3 is 5.11 Å². The molecule has 1 aromatic heterocycles. The van der Waals surface area contributed by atoms with E-state index >= 15 is 0 Å². The van der Waals surface area contributed by atoms with Crippen molar-refractivity contribution in [1.82, 2.24) is 4.98 Å². The Kier molecular flexibility index (Phi) is 4.58. The Morgan fingerprint density at radius 3 is 2.52 bits per heavy atom. The second-order valence-electron chi connectivity index (χ2n) is 5.90. The minimum absolute atomic E-state index is 0.108. The third-order valence-corrected chi connectivity index (χ3v) is 4.00. The van der Waals surface area contributed by atoms with Gasteiger partial charge in [-0.15, -0.1) is 11.3 Å². The van der Waals surface area contributed by atoms with Gasteiger partial charge in [0.05, 0.1) is 15.6 Å². The topological polar surface area (TPSA) is 50.2 Å². The highest BCUT2D eigenvalue weighted by Crippen LogP contribution is 2.31. The van der Waals surface area contributed by atoms with Crippen molar-refractivity contribution >= 4 is 23.4 Å². The fraction of sp³-hybridized carbons (Fsp3) is 0.294. The number of nitrogens with zero attached hydrogens (tertiary/aromatic N) is 1. The molecule has 0 aliphatic rings. The summed E-state index contributed by atoms with van der Waals surface area (Å²) < 4.78 is 0. The monoisotopic (exact) mass is 301 g/mol. The summed E-state index contributed by atoms with van der Waals surface area (Å²) in [6, 6.07) is 10.2. The molecule has 4 heteroatoms. The molecule has 1 heterocycles. The van der Waals surface area contributed by atoms with Crippen LogP contribution in [0.5, 0.6) is 0 Å². The molecule has 0 amide bonds. The molecule has 0 saturated carbocycles. The van der Waals surface area contributed by atoms with E-state index in [0.29, 0.717) is 0 Å². The van der Waals surface area contributed by atoms with Crippen LogP contribution in [0.1, 0.15) is 41.9 Å². The van der Waals surface area contributed by atoms with Crippen LogP contribution in [0.4, 0.5) is 0 Å². The smallest absolute Gasteiger partial charge is 0.328 e. The zero-order chi connectivity index (χ0) is 15.5. The fourth-order valence-electron chi connectivity index (χ4n) is 2.02. The van der Waals surface area contributed by atoms with Gasteiger partial charge in [-0.2, -0.15) is 0 Å². The molecule has 1 aromatic carbocycles. The summed E-state index contributed by atoms with van der Waals surface area (Å²) in [5.74, 6) is -0.937. The molecule has 0 radical (unpaired) electrons. The van der Waals surface area contributed by atoms with Gasteiger partial charge in [0.1, 0.15) is 0 Å². The van der Waals surface area contributed by atoms with Gasteiger partial charge in [-0.25, -0.2) is 9.78 Å². The Balaban J connectivity index is 2.34. The van der Waals surface area contributed by atoms with E-state index < -0.39 is 5.97 Å². The van der Waals surface area contributed by atoms with Crippen molar-refractivity contribution in [2.24, 2.45) is 0 Å². The summed E-state index contributed by atoms with van der Waals surface area (Å²) in [5.41, 5.74) is 2.06. The number of hydrogen-bond donors (Lipinski definition) is 1. The van der Waals surface area contributed by atoms with Crippen molar-refractivity contribution in [2.45, 2.75) is 32.6 Å². The molecule has 0 spiro atoms. The largest absolute Gasteiger partial charge is 0.478 e. The van der Waals surface area contributed by atoms with Gasteiger partial charge in [0, 0.05) is 17.9 Å². The second kappa shape index (κ2) is 6.22. The Labute approximate surface area is 129 Å². The van der Waals surface area contributed by atoms with E-state index in [0.717, 1.165) is 22.0 Å². The van der Waals surface area contributed by atoms with Crippen LogP contribution in [0, 0.1) is 0 Å². The standard InChI is InChI=1S/C17H19NO2S/c1-17(2,3)16-13(9-10-15(19)20)21-14(18-16)11-12-7-5-4-6-8-12/h4-10H,11H2,1-3H3,(H,19,20)/b10-9+. The highest BCUT2D eigenvalue weighted by molar-refractivity contribution is 7.12. The van der Waals surface area contributed by atoms with Crippen LogP contribution in [0.2, 0.25) is 0 Å². The van der Waals surface area contributed by atoms with Crippen molar-refractivity contribution in [3.63, 3.8) is 0 Å². The van der Waals surface area contributed by atoms with Gasteiger partial charge >= 0.3 is 5.97 Å². The number of thiazole rings is 1. The van der Waals surface area contributed by atoms with Crippen molar-refractivity contribution in [1.29, 1.82) is 0 Å². The first-order valence-electron chi connectivity index (χ1n) is 6.81. The average Bonchev–Trinajstić information content (AvgIpc) is 2.80. The molecular weight excluding hydrogens is 282 g/mol. The second-order valence-corrected chi connectivity index (χ2v) is 7.02. The van der Waals surface area contributed by atoms with Gasteiger partial charge in [-0.1, -0.05) is 51.1 Å². The first-order valence-corrected chi connectivity index (χ1v) is 7.63. The number of benzene rings is 1. The molecule has 1 N–H and O–H groups in total. The number of aliphatic carboxylic acids is 1. The molecule has 3 nitrogen and oxygen atoms in total. The lowest BCUT2D eigenvalue weighted by molar-refractivity contribution is -0.131. The molecule has 0 atom stereocenters. The van der Waals surface area contributed by atoms with E-state index in [-0.39, 0.29) is 5.41 Å². The van der Waals surface area contributed by atoms with Crippen molar-refractivity contribution in [2.75, 3.05) is 0 Å². The molecule has 0 bridgehead atoms. The Hall–Kier alpha value is -1.94. The summed E-state index contributed by atoms with van der Waals surface area (Å²) in [6.07, 6.45) is 3.60. The minimum atomic E-state index is -0.937. The molecule has 0 fully saturated rings. The summed E-state index contributed by atoms with van der Waals surface area (Å²) in [5, 5.41) is 9.82. The molecule has 2 rings (SSSR count). The fourth-order valence-corrected chi connectivity index (χ4v) is 3.24. The summed E-state index contributed by atoms with van der Waals surface area (Å²) in [6.45, 7) is 6.27. The number of carbonyl (C=O) groups is 1. The van der Waals surface area contributed by atoms with Crippen LogP contribution in [0.3, 0.4) is 0 Å². The summed E-state index contributed by atoms with van der Waals surface area (Å²) in [7, 11) is 0. The Bertz CT molecular complexity index is 651. The van der Waals surface area contributed by atoms with Crippen LogP contribution >= 0.6 is 11.3 Å². The molecule has 110 valence electrons. The normalized spacial score (nSPS) is 12.0. The van der Waals surface area contributed by atoms with Crippen molar-refractivity contribution in [3.05, 3.63) is 57.6 Å².